The number of hydrogen-bond acceptors (Lipinski definition) is 8. The summed E-state index contributed by atoms with van der Waals surface area (Å²) in [5, 5.41) is 1.91. The van der Waals surface area contributed by atoms with Gasteiger partial charge in [-0.1, -0.05) is 17.4 Å². The average molecular weight is 457 g/mol. The SMILES string of the molecule is COC(=O)C1=C(C)N=c2s/c(=C/c3ccc(OC)cc3OC)c(=O)n2[C@@H]1c1cccs1. The molecule has 7 nitrogen and oxygen atoms in total. The van der Waals surface area contributed by atoms with E-state index in [0.29, 0.717) is 32.1 Å². The highest BCUT2D eigenvalue weighted by molar-refractivity contribution is 7.10. The second-order valence-corrected chi connectivity index (χ2v) is 8.69. The molecule has 0 amide bonds. The van der Waals surface area contributed by atoms with Crippen molar-refractivity contribution in [2.45, 2.75) is 13.0 Å². The zero-order valence-electron chi connectivity index (χ0n) is 17.4. The van der Waals surface area contributed by atoms with Gasteiger partial charge in [0.2, 0.25) is 0 Å². The molecule has 0 N–H and O–H groups in total. The van der Waals surface area contributed by atoms with E-state index < -0.39 is 12.0 Å². The molecule has 0 spiro atoms. The first-order valence-electron chi connectivity index (χ1n) is 9.34. The van der Waals surface area contributed by atoms with Crippen molar-refractivity contribution in [1.82, 2.24) is 4.57 Å². The lowest BCUT2D eigenvalue weighted by molar-refractivity contribution is -0.136. The number of allylic oxidation sites excluding steroid dienone is 1. The van der Waals surface area contributed by atoms with Gasteiger partial charge in [0.05, 0.1) is 37.1 Å². The molecule has 1 aliphatic rings. The number of thiophene rings is 1. The molecule has 0 saturated carbocycles. The summed E-state index contributed by atoms with van der Waals surface area (Å²) in [6.45, 7) is 1.76. The molecule has 1 aliphatic heterocycles. The van der Waals surface area contributed by atoms with Gasteiger partial charge >= 0.3 is 5.97 Å². The van der Waals surface area contributed by atoms with Gasteiger partial charge in [-0.25, -0.2) is 9.79 Å². The Labute approximate surface area is 186 Å². The van der Waals surface area contributed by atoms with Crippen molar-refractivity contribution in [2.24, 2.45) is 4.99 Å². The summed E-state index contributed by atoms with van der Waals surface area (Å²) in [5.74, 6) is 0.753. The predicted molar refractivity (Wildman–Crippen MR) is 120 cm³/mol. The van der Waals surface area contributed by atoms with Crippen LogP contribution in [0.3, 0.4) is 0 Å². The number of nitrogens with zero attached hydrogens (tertiary/aromatic N) is 2. The van der Waals surface area contributed by atoms with Crippen molar-refractivity contribution >= 4 is 34.7 Å². The molecule has 3 heterocycles. The van der Waals surface area contributed by atoms with E-state index >= 15 is 0 Å². The number of carbonyl (C=O) groups excluding carboxylic acids is 1. The van der Waals surface area contributed by atoms with Gasteiger partial charge in [-0.15, -0.1) is 11.3 Å². The Bertz CT molecular complexity index is 1350. The van der Waals surface area contributed by atoms with Crippen LogP contribution in [-0.2, 0) is 9.53 Å². The number of esters is 1. The molecule has 2 aromatic heterocycles. The number of benzene rings is 1. The van der Waals surface area contributed by atoms with Gasteiger partial charge < -0.3 is 14.2 Å². The van der Waals surface area contributed by atoms with Crippen LogP contribution >= 0.6 is 22.7 Å². The molecule has 4 rings (SSSR count). The average Bonchev–Trinajstić information content (AvgIpc) is 3.41. The summed E-state index contributed by atoms with van der Waals surface area (Å²) < 4.78 is 17.8. The lowest BCUT2D eigenvalue weighted by Crippen LogP contribution is -2.39. The zero-order valence-corrected chi connectivity index (χ0v) is 19.0. The fraction of sp³-hybridized carbons (Fsp3) is 0.227. The molecule has 0 aliphatic carbocycles. The number of hydrogen-bond donors (Lipinski definition) is 0. The van der Waals surface area contributed by atoms with Crippen molar-refractivity contribution in [1.29, 1.82) is 0 Å². The van der Waals surface area contributed by atoms with E-state index in [1.54, 1.807) is 43.9 Å². The van der Waals surface area contributed by atoms with Crippen molar-refractivity contribution in [3.05, 3.63) is 77.1 Å². The van der Waals surface area contributed by atoms with Crippen LogP contribution in [0.2, 0.25) is 0 Å². The molecule has 0 unspecified atom stereocenters. The Balaban J connectivity index is 1.94. The molecular formula is C22H20N2O5S2. The summed E-state index contributed by atoms with van der Waals surface area (Å²) in [6.07, 6.45) is 1.77. The summed E-state index contributed by atoms with van der Waals surface area (Å²) in [4.78, 5) is 32.0. The van der Waals surface area contributed by atoms with Crippen LogP contribution < -0.4 is 24.4 Å². The molecule has 1 atom stereocenters. The highest BCUT2D eigenvalue weighted by Crippen LogP contribution is 2.33. The van der Waals surface area contributed by atoms with Gasteiger partial charge in [0.25, 0.3) is 5.56 Å². The quantitative estimate of drug-likeness (QED) is 0.551. The van der Waals surface area contributed by atoms with Crippen LogP contribution in [-0.4, -0.2) is 31.9 Å². The van der Waals surface area contributed by atoms with Crippen LogP contribution in [0.4, 0.5) is 0 Å². The largest absolute Gasteiger partial charge is 0.497 e. The first-order valence-corrected chi connectivity index (χ1v) is 11.0. The van der Waals surface area contributed by atoms with Crippen LogP contribution in [0.15, 0.2) is 56.8 Å². The highest BCUT2D eigenvalue weighted by atomic mass is 32.1. The smallest absolute Gasteiger partial charge is 0.338 e. The molecule has 0 bridgehead atoms. The first kappa shape index (κ1) is 21.1. The third-order valence-corrected chi connectivity index (χ3v) is 6.87. The van der Waals surface area contributed by atoms with Crippen LogP contribution in [0.1, 0.15) is 23.4 Å². The Morgan fingerprint density at radius 2 is 2.00 bits per heavy atom. The van der Waals surface area contributed by atoms with Gasteiger partial charge in [-0.3, -0.25) is 9.36 Å². The van der Waals surface area contributed by atoms with Crippen LogP contribution in [0.5, 0.6) is 11.5 Å². The van der Waals surface area contributed by atoms with E-state index in [9.17, 15) is 9.59 Å². The van der Waals surface area contributed by atoms with Gasteiger partial charge in [0.1, 0.15) is 17.5 Å². The fourth-order valence-electron chi connectivity index (χ4n) is 3.49. The Kier molecular flexibility index (Phi) is 5.79. The maximum Gasteiger partial charge on any atom is 0.338 e. The number of aromatic nitrogens is 1. The van der Waals surface area contributed by atoms with Crippen molar-refractivity contribution in [3.63, 3.8) is 0 Å². The summed E-state index contributed by atoms with van der Waals surface area (Å²) in [5.41, 5.74) is 1.42. The molecule has 9 heteroatoms. The minimum Gasteiger partial charge on any atom is -0.497 e. The number of carbonyl (C=O) groups is 1. The number of methoxy groups -OCH3 is 3. The summed E-state index contributed by atoms with van der Waals surface area (Å²) in [6, 6.07) is 8.61. The van der Waals surface area contributed by atoms with Crippen molar-refractivity contribution in [3.8, 4) is 11.5 Å². The second kappa shape index (κ2) is 8.52. The molecule has 31 heavy (non-hydrogen) atoms. The molecule has 1 aromatic carbocycles. The molecule has 0 fully saturated rings. The van der Waals surface area contributed by atoms with Crippen LogP contribution in [0, 0.1) is 0 Å². The Morgan fingerprint density at radius 3 is 2.65 bits per heavy atom. The second-order valence-electron chi connectivity index (χ2n) is 6.70. The lowest BCUT2D eigenvalue weighted by Gasteiger charge is -2.22. The normalized spacial score (nSPS) is 16.0. The predicted octanol–water partition coefficient (Wildman–Crippen LogP) is 2.49. The zero-order chi connectivity index (χ0) is 22.1. The lowest BCUT2D eigenvalue weighted by atomic mass is 10.0. The third-order valence-electron chi connectivity index (χ3n) is 4.97. The highest BCUT2D eigenvalue weighted by Gasteiger charge is 2.33. The number of rotatable bonds is 5. The minimum absolute atomic E-state index is 0.228. The van der Waals surface area contributed by atoms with Gasteiger partial charge in [0, 0.05) is 16.5 Å². The maximum atomic E-state index is 13.5. The molecule has 0 radical (unpaired) electrons. The van der Waals surface area contributed by atoms with Crippen molar-refractivity contribution in [2.75, 3.05) is 21.3 Å². The van der Waals surface area contributed by atoms with E-state index in [0.717, 1.165) is 10.4 Å². The fourth-order valence-corrected chi connectivity index (χ4v) is 5.35. The Hall–Kier alpha value is -3.17. The molecule has 3 aromatic rings. The summed E-state index contributed by atoms with van der Waals surface area (Å²) in [7, 11) is 4.48. The topological polar surface area (TPSA) is 79.1 Å². The van der Waals surface area contributed by atoms with E-state index in [1.807, 2.05) is 23.6 Å². The van der Waals surface area contributed by atoms with E-state index in [2.05, 4.69) is 4.99 Å². The van der Waals surface area contributed by atoms with Gasteiger partial charge in [-0.2, -0.15) is 0 Å². The molecular weight excluding hydrogens is 436 g/mol. The maximum absolute atomic E-state index is 13.5. The molecule has 0 saturated heterocycles. The van der Waals surface area contributed by atoms with E-state index in [-0.39, 0.29) is 5.56 Å². The third kappa shape index (κ3) is 3.70. The van der Waals surface area contributed by atoms with Crippen molar-refractivity contribution < 1.29 is 19.0 Å². The Morgan fingerprint density at radius 1 is 1.19 bits per heavy atom. The first-order chi connectivity index (χ1) is 15.0. The van der Waals surface area contributed by atoms with Crippen LogP contribution in [0.25, 0.3) is 6.08 Å². The van der Waals surface area contributed by atoms with E-state index in [1.165, 1.54) is 29.8 Å². The molecule has 160 valence electrons. The number of ether oxygens (including phenoxy) is 3. The standard InChI is InChI=1S/C22H20N2O5S2/c1-12-18(21(26)29-4)19(16-6-5-9-30-16)24-20(25)17(31-22(24)23-12)10-13-7-8-14(27-2)11-15(13)28-3/h5-11,19H,1-4H3/b17-10+/t19-/m1/s1. The minimum atomic E-state index is -0.580. The van der Waals surface area contributed by atoms with Gasteiger partial charge in [-0.05, 0) is 36.6 Å². The van der Waals surface area contributed by atoms with E-state index in [4.69, 9.17) is 14.2 Å². The number of fused-ring (bicyclic) bond motifs is 1. The number of thiazole rings is 1. The monoisotopic (exact) mass is 456 g/mol. The summed E-state index contributed by atoms with van der Waals surface area (Å²) >= 11 is 2.75. The van der Waals surface area contributed by atoms with Gasteiger partial charge in [0.15, 0.2) is 4.80 Å².